The Kier molecular flexibility index (Phi) is 9.51. The smallest absolute Gasteiger partial charge is 0.326 e. The fourth-order valence-electron chi connectivity index (χ4n) is 4.63. The van der Waals surface area contributed by atoms with Crippen molar-refractivity contribution in [1.82, 2.24) is 5.32 Å². The molecule has 0 atom stereocenters. The number of aliphatic carboxylic acids is 1. The Bertz CT molecular complexity index is 1330. The second kappa shape index (κ2) is 13.4. The van der Waals surface area contributed by atoms with Crippen molar-refractivity contribution < 1.29 is 19.5 Å². The number of amides is 3. The van der Waals surface area contributed by atoms with Crippen molar-refractivity contribution in [3.63, 3.8) is 0 Å². The Morgan fingerprint density at radius 2 is 1.69 bits per heavy atom. The number of nitrogens with zero attached hydrogens (tertiary/aromatic N) is 1. The highest BCUT2D eigenvalue weighted by Crippen LogP contribution is 2.29. The van der Waals surface area contributed by atoms with Crippen LogP contribution in [0.1, 0.15) is 66.1 Å². The van der Waals surface area contributed by atoms with Crippen molar-refractivity contribution >= 4 is 34.9 Å². The van der Waals surface area contributed by atoms with E-state index in [-0.39, 0.29) is 24.9 Å². The summed E-state index contributed by atoms with van der Waals surface area (Å²) in [6, 6.07) is 22.7. The first-order valence-electron chi connectivity index (χ1n) is 13.5. The van der Waals surface area contributed by atoms with Gasteiger partial charge in [0, 0.05) is 23.5 Å². The maximum absolute atomic E-state index is 13.5. The second-order valence-corrected chi connectivity index (χ2v) is 9.69. The summed E-state index contributed by atoms with van der Waals surface area (Å²) in [6.07, 6.45) is 7.67. The minimum absolute atomic E-state index is 0.0655. The van der Waals surface area contributed by atoms with E-state index in [1.807, 2.05) is 48.5 Å². The molecule has 1 aliphatic rings. The summed E-state index contributed by atoms with van der Waals surface area (Å²) >= 11 is 0. The second-order valence-electron chi connectivity index (χ2n) is 9.69. The number of hydrogen-bond donors (Lipinski definition) is 3. The van der Waals surface area contributed by atoms with Crippen molar-refractivity contribution in [3.05, 3.63) is 101 Å². The Hall–Kier alpha value is -4.39. The minimum Gasteiger partial charge on any atom is -0.481 e. The zero-order valence-corrected chi connectivity index (χ0v) is 22.3. The Morgan fingerprint density at radius 1 is 0.923 bits per heavy atom. The van der Waals surface area contributed by atoms with Crippen molar-refractivity contribution in [3.8, 4) is 0 Å². The number of anilines is 2. The molecule has 0 aliphatic heterocycles. The standard InChI is InChI=1S/C32H35N3O4/c1-2-23-7-6-10-28(21-23)34-32(39)35(29-17-15-26(16-18-29)25-8-4-3-5-9-25)22-24-11-13-27(14-12-24)31(38)33-20-19-30(36)37/h6-8,10-18,21H,2-5,9,19-20,22H2,1H3,(H,33,38)(H,34,39)(H,36,37). The first-order chi connectivity index (χ1) is 18.9. The van der Waals surface area contributed by atoms with E-state index < -0.39 is 5.97 Å². The van der Waals surface area contributed by atoms with Gasteiger partial charge in [0.1, 0.15) is 0 Å². The van der Waals surface area contributed by atoms with Crippen LogP contribution in [-0.2, 0) is 17.8 Å². The minimum atomic E-state index is -0.964. The molecule has 0 unspecified atom stereocenters. The van der Waals surface area contributed by atoms with Crippen LogP contribution >= 0.6 is 0 Å². The molecule has 202 valence electrons. The fourth-order valence-corrected chi connectivity index (χ4v) is 4.63. The molecular formula is C32H35N3O4. The lowest BCUT2D eigenvalue weighted by Gasteiger charge is -2.24. The first kappa shape index (κ1) is 27.6. The predicted molar refractivity (Wildman–Crippen MR) is 155 cm³/mol. The maximum Gasteiger partial charge on any atom is 0.326 e. The molecule has 4 rings (SSSR count). The van der Waals surface area contributed by atoms with E-state index in [1.165, 1.54) is 24.0 Å². The van der Waals surface area contributed by atoms with Gasteiger partial charge >= 0.3 is 12.0 Å². The van der Waals surface area contributed by atoms with Gasteiger partial charge in [-0.05, 0) is 90.8 Å². The molecule has 3 N–H and O–H groups in total. The summed E-state index contributed by atoms with van der Waals surface area (Å²) < 4.78 is 0. The number of carbonyl (C=O) groups is 3. The van der Waals surface area contributed by atoms with Gasteiger partial charge in [-0.25, -0.2) is 4.79 Å². The number of urea groups is 1. The van der Waals surface area contributed by atoms with Crippen LogP contribution in [0, 0.1) is 0 Å². The fraction of sp³-hybridized carbons (Fsp3) is 0.281. The number of allylic oxidation sites excluding steroid dienone is 2. The molecule has 0 saturated carbocycles. The molecule has 7 nitrogen and oxygen atoms in total. The number of aryl methyl sites for hydroxylation is 1. The molecule has 39 heavy (non-hydrogen) atoms. The Balaban J connectivity index is 1.53. The predicted octanol–water partition coefficient (Wildman–Crippen LogP) is 6.65. The van der Waals surface area contributed by atoms with Gasteiger partial charge in [-0.1, -0.05) is 49.4 Å². The van der Waals surface area contributed by atoms with Crippen molar-refractivity contribution in [2.75, 3.05) is 16.8 Å². The summed E-state index contributed by atoms with van der Waals surface area (Å²) in [7, 11) is 0. The molecule has 0 spiro atoms. The lowest BCUT2D eigenvalue weighted by Crippen LogP contribution is -2.34. The summed E-state index contributed by atoms with van der Waals surface area (Å²) in [5.41, 5.74) is 6.48. The number of rotatable bonds is 10. The summed E-state index contributed by atoms with van der Waals surface area (Å²) in [5, 5.41) is 14.4. The molecular weight excluding hydrogens is 490 g/mol. The van der Waals surface area contributed by atoms with E-state index in [2.05, 4.69) is 35.8 Å². The topological polar surface area (TPSA) is 98.7 Å². The van der Waals surface area contributed by atoms with Gasteiger partial charge in [-0.2, -0.15) is 0 Å². The van der Waals surface area contributed by atoms with Crippen LogP contribution in [0.2, 0.25) is 0 Å². The lowest BCUT2D eigenvalue weighted by molar-refractivity contribution is -0.136. The third-order valence-electron chi connectivity index (χ3n) is 6.85. The highest BCUT2D eigenvalue weighted by atomic mass is 16.4. The number of carbonyl (C=O) groups excluding carboxylic acids is 2. The summed E-state index contributed by atoms with van der Waals surface area (Å²) in [6.45, 7) is 2.45. The molecule has 3 aromatic carbocycles. The third kappa shape index (κ3) is 7.80. The molecule has 0 radical (unpaired) electrons. The van der Waals surface area contributed by atoms with Crippen LogP contribution in [0.25, 0.3) is 5.57 Å². The molecule has 0 heterocycles. The maximum atomic E-state index is 13.5. The van der Waals surface area contributed by atoms with E-state index in [0.717, 1.165) is 41.8 Å². The summed E-state index contributed by atoms with van der Waals surface area (Å²) in [4.78, 5) is 38.3. The van der Waals surface area contributed by atoms with E-state index in [4.69, 9.17) is 5.11 Å². The van der Waals surface area contributed by atoms with Crippen molar-refractivity contribution in [2.24, 2.45) is 0 Å². The van der Waals surface area contributed by atoms with Gasteiger partial charge in [0.2, 0.25) is 0 Å². The van der Waals surface area contributed by atoms with Crippen LogP contribution in [0.3, 0.4) is 0 Å². The zero-order chi connectivity index (χ0) is 27.6. The Morgan fingerprint density at radius 3 is 2.36 bits per heavy atom. The van der Waals surface area contributed by atoms with Crippen molar-refractivity contribution in [2.45, 2.75) is 52.0 Å². The lowest BCUT2D eigenvalue weighted by atomic mass is 9.93. The van der Waals surface area contributed by atoms with Crippen LogP contribution in [0.5, 0.6) is 0 Å². The summed E-state index contributed by atoms with van der Waals surface area (Å²) in [5.74, 6) is -1.30. The number of carboxylic acid groups (broad SMARTS) is 1. The first-order valence-corrected chi connectivity index (χ1v) is 13.5. The Labute approximate surface area is 229 Å². The molecule has 0 bridgehead atoms. The van der Waals surface area contributed by atoms with Gasteiger partial charge in [-0.15, -0.1) is 0 Å². The molecule has 0 saturated heterocycles. The van der Waals surface area contributed by atoms with E-state index in [9.17, 15) is 14.4 Å². The molecule has 1 aliphatic carbocycles. The van der Waals surface area contributed by atoms with Crippen LogP contribution in [-0.4, -0.2) is 29.6 Å². The average molecular weight is 526 g/mol. The monoisotopic (exact) mass is 525 g/mol. The molecule has 3 aromatic rings. The van der Waals surface area contributed by atoms with Gasteiger partial charge in [0.05, 0.1) is 13.0 Å². The van der Waals surface area contributed by atoms with Crippen LogP contribution in [0.4, 0.5) is 16.2 Å². The van der Waals surface area contributed by atoms with E-state index in [1.54, 1.807) is 17.0 Å². The highest BCUT2D eigenvalue weighted by Gasteiger charge is 2.18. The van der Waals surface area contributed by atoms with Gasteiger partial charge < -0.3 is 15.7 Å². The van der Waals surface area contributed by atoms with E-state index in [0.29, 0.717) is 12.1 Å². The van der Waals surface area contributed by atoms with E-state index >= 15 is 0 Å². The highest BCUT2D eigenvalue weighted by molar-refractivity contribution is 6.02. The molecule has 0 aromatic heterocycles. The molecule has 7 heteroatoms. The molecule has 0 fully saturated rings. The number of hydrogen-bond acceptors (Lipinski definition) is 3. The largest absolute Gasteiger partial charge is 0.481 e. The number of nitrogens with one attached hydrogen (secondary N) is 2. The number of benzene rings is 3. The van der Waals surface area contributed by atoms with Crippen molar-refractivity contribution in [1.29, 1.82) is 0 Å². The molecule has 3 amide bonds. The van der Waals surface area contributed by atoms with Crippen LogP contribution < -0.4 is 15.5 Å². The van der Waals surface area contributed by atoms with Crippen LogP contribution in [0.15, 0.2) is 78.9 Å². The average Bonchev–Trinajstić information content (AvgIpc) is 2.96. The normalized spacial score (nSPS) is 12.8. The SMILES string of the molecule is CCc1cccc(NC(=O)N(Cc2ccc(C(=O)NCCC(=O)O)cc2)c2ccc(C3=CCCCC3)cc2)c1. The number of carboxylic acids is 1. The third-order valence-corrected chi connectivity index (χ3v) is 6.85. The van der Waals surface area contributed by atoms with Gasteiger partial charge in [-0.3, -0.25) is 14.5 Å². The van der Waals surface area contributed by atoms with Gasteiger partial charge in [0.25, 0.3) is 5.91 Å². The van der Waals surface area contributed by atoms with Gasteiger partial charge in [0.15, 0.2) is 0 Å². The zero-order valence-electron chi connectivity index (χ0n) is 22.3. The quantitative estimate of drug-likeness (QED) is 0.276.